The predicted molar refractivity (Wildman–Crippen MR) is 112 cm³/mol. The molecular weight excluding hydrogens is 390 g/mol. The molecule has 1 heterocycles. The molecule has 1 fully saturated rings. The van der Waals surface area contributed by atoms with Gasteiger partial charge in [0.25, 0.3) is 5.56 Å². The number of ketones is 1. The van der Waals surface area contributed by atoms with Crippen molar-refractivity contribution in [3.05, 3.63) is 50.7 Å². The van der Waals surface area contributed by atoms with Gasteiger partial charge in [-0.2, -0.15) is 0 Å². The van der Waals surface area contributed by atoms with Crippen LogP contribution in [0.1, 0.15) is 36.2 Å². The molecule has 10 heteroatoms. The number of hydrogen-bond donors (Lipinski definition) is 3. The number of nitrogens with zero attached hydrogens (tertiary/aromatic N) is 2. The molecule has 0 radical (unpaired) electrons. The number of anilines is 2. The molecule has 0 atom stereocenters. The van der Waals surface area contributed by atoms with Crippen molar-refractivity contribution in [2.75, 3.05) is 37.8 Å². The van der Waals surface area contributed by atoms with Gasteiger partial charge in [0.1, 0.15) is 17.1 Å². The second-order valence-corrected chi connectivity index (χ2v) is 7.12. The average molecular weight is 415 g/mol. The molecule has 1 amide bonds. The monoisotopic (exact) mass is 415 g/mol. The van der Waals surface area contributed by atoms with Crippen LogP contribution in [0.3, 0.4) is 0 Å². The molecule has 4 N–H and O–H groups in total. The van der Waals surface area contributed by atoms with E-state index in [0.717, 1.165) is 12.8 Å². The Morgan fingerprint density at radius 1 is 1.23 bits per heavy atom. The van der Waals surface area contributed by atoms with Crippen LogP contribution < -0.4 is 27.0 Å². The highest BCUT2D eigenvalue weighted by Crippen LogP contribution is 2.35. The van der Waals surface area contributed by atoms with Crippen molar-refractivity contribution in [2.24, 2.45) is 0 Å². The van der Waals surface area contributed by atoms with Crippen molar-refractivity contribution < 1.29 is 14.3 Å². The second-order valence-electron chi connectivity index (χ2n) is 7.12. The van der Waals surface area contributed by atoms with E-state index in [-0.39, 0.29) is 36.4 Å². The first-order valence-electron chi connectivity index (χ1n) is 9.67. The number of carbonyl (C=O) groups excluding carboxylic acids is 2. The molecule has 1 saturated carbocycles. The first-order chi connectivity index (χ1) is 14.3. The van der Waals surface area contributed by atoms with Crippen LogP contribution in [0.25, 0.3) is 0 Å². The fourth-order valence-corrected chi connectivity index (χ4v) is 3.17. The van der Waals surface area contributed by atoms with E-state index in [1.165, 1.54) is 4.57 Å². The lowest BCUT2D eigenvalue weighted by atomic mass is 10.1. The molecule has 3 rings (SSSR count). The number of Topliss-reactive ketones (excluding diaryl/α,β-unsaturated/α-hetero) is 1. The highest BCUT2D eigenvalue weighted by Gasteiger charge is 2.30. The number of nitrogen functional groups attached to an aromatic ring is 1. The van der Waals surface area contributed by atoms with Gasteiger partial charge in [-0.1, -0.05) is 6.92 Å². The number of amides is 1. The Balaban J connectivity index is 1.69. The van der Waals surface area contributed by atoms with Crippen LogP contribution in [0, 0.1) is 0 Å². The summed E-state index contributed by atoms with van der Waals surface area (Å²) >= 11 is 0. The van der Waals surface area contributed by atoms with Gasteiger partial charge in [-0.3, -0.25) is 28.8 Å². The van der Waals surface area contributed by atoms with E-state index in [1.807, 2.05) is 0 Å². The quantitative estimate of drug-likeness (QED) is 0.510. The van der Waals surface area contributed by atoms with Crippen LogP contribution in [-0.2, 0) is 4.79 Å². The molecule has 1 aliphatic carbocycles. The molecule has 1 aromatic carbocycles. The lowest BCUT2D eigenvalue weighted by Crippen LogP contribution is -2.41. The van der Waals surface area contributed by atoms with E-state index in [1.54, 1.807) is 43.2 Å². The Hall–Kier alpha value is -3.40. The zero-order chi connectivity index (χ0) is 21.8. The summed E-state index contributed by atoms with van der Waals surface area (Å²) in [6.45, 7) is 1.98. The van der Waals surface area contributed by atoms with Crippen LogP contribution >= 0.6 is 0 Å². The Labute approximate surface area is 172 Å². The van der Waals surface area contributed by atoms with Crippen LogP contribution in [0.15, 0.2) is 33.9 Å². The van der Waals surface area contributed by atoms with Gasteiger partial charge in [-0.05, 0) is 43.7 Å². The Bertz CT molecular complexity index is 1050. The van der Waals surface area contributed by atoms with Crippen molar-refractivity contribution in [1.82, 2.24) is 14.5 Å². The van der Waals surface area contributed by atoms with Crippen molar-refractivity contribution >= 4 is 23.2 Å². The third-order valence-corrected chi connectivity index (χ3v) is 4.93. The minimum absolute atomic E-state index is 0.0473. The lowest BCUT2D eigenvalue weighted by Gasteiger charge is -2.19. The number of nitrogens with two attached hydrogens (primary N) is 1. The highest BCUT2D eigenvalue weighted by molar-refractivity contribution is 6.01. The fourth-order valence-electron chi connectivity index (χ4n) is 3.17. The fraction of sp³-hybridized carbons (Fsp3) is 0.400. The van der Waals surface area contributed by atoms with Crippen molar-refractivity contribution in [1.29, 1.82) is 0 Å². The van der Waals surface area contributed by atoms with Crippen LogP contribution in [0.2, 0.25) is 0 Å². The van der Waals surface area contributed by atoms with E-state index in [2.05, 4.69) is 10.3 Å². The maximum absolute atomic E-state index is 12.8. The number of methoxy groups -OCH3 is 1. The van der Waals surface area contributed by atoms with Crippen molar-refractivity contribution in [2.45, 2.75) is 25.8 Å². The number of rotatable bonds is 9. The van der Waals surface area contributed by atoms with E-state index < -0.39 is 17.0 Å². The number of carbonyl (C=O) groups is 2. The normalized spacial score (nSPS) is 13.3. The first kappa shape index (κ1) is 21.3. The van der Waals surface area contributed by atoms with Gasteiger partial charge < -0.3 is 15.8 Å². The Morgan fingerprint density at radius 2 is 1.90 bits per heavy atom. The summed E-state index contributed by atoms with van der Waals surface area (Å²) in [6, 6.07) is 6.78. The van der Waals surface area contributed by atoms with E-state index in [0.29, 0.717) is 18.0 Å². The van der Waals surface area contributed by atoms with Crippen molar-refractivity contribution in [3.8, 4) is 5.75 Å². The van der Waals surface area contributed by atoms with E-state index in [4.69, 9.17) is 10.5 Å². The zero-order valence-electron chi connectivity index (χ0n) is 16.9. The smallest absolute Gasteiger partial charge is 0.330 e. The van der Waals surface area contributed by atoms with Crippen LogP contribution in [0.5, 0.6) is 5.75 Å². The van der Waals surface area contributed by atoms with E-state index >= 15 is 0 Å². The van der Waals surface area contributed by atoms with Crippen LogP contribution in [-0.4, -0.2) is 52.9 Å². The summed E-state index contributed by atoms with van der Waals surface area (Å²) in [7, 11) is 1.55. The number of hydrogen-bond acceptors (Lipinski definition) is 7. The third-order valence-electron chi connectivity index (χ3n) is 4.93. The van der Waals surface area contributed by atoms with Gasteiger partial charge in [0.15, 0.2) is 5.78 Å². The maximum Gasteiger partial charge on any atom is 0.330 e. The summed E-state index contributed by atoms with van der Waals surface area (Å²) in [5.74, 6) is -0.291. The summed E-state index contributed by atoms with van der Waals surface area (Å²) in [4.78, 5) is 53.1. The highest BCUT2D eigenvalue weighted by atomic mass is 16.5. The topological polar surface area (TPSA) is 140 Å². The standard InChI is InChI=1S/C20H25N5O5/c1-3-24(11-16(27)22-12-4-8-14(30-2)9-5-12)10-15(26)17-18(21)25(13-6-7-13)20(29)23-19(17)28/h4-5,8-9,13H,3,6-7,10-11,21H2,1-2H3,(H,22,27)(H,23,28,29). The molecule has 2 aromatic rings. The lowest BCUT2D eigenvalue weighted by molar-refractivity contribution is -0.117. The first-order valence-corrected chi connectivity index (χ1v) is 9.67. The summed E-state index contributed by atoms with van der Waals surface area (Å²) in [6.07, 6.45) is 1.55. The third kappa shape index (κ3) is 4.77. The summed E-state index contributed by atoms with van der Waals surface area (Å²) in [5, 5.41) is 2.75. The molecule has 0 aliphatic heterocycles. The molecule has 0 bridgehead atoms. The van der Waals surface area contributed by atoms with Gasteiger partial charge in [0.05, 0.1) is 20.2 Å². The molecule has 30 heavy (non-hydrogen) atoms. The number of benzene rings is 1. The molecule has 1 aliphatic rings. The number of ether oxygens (including phenoxy) is 1. The molecule has 160 valence electrons. The van der Waals surface area contributed by atoms with Gasteiger partial charge in [0.2, 0.25) is 5.91 Å². The minimum Gasteiger partial charge on any atom is -0.497 e. The maximum atomic E-state index is 12.8. The Kier molecular flexibility index (Phi) is 6.36. The summed E-state index contributed by atoms with van der Waals surface area (Å²) in [5.41, 5.74) is 4.93. The van der Waals surface area contributed by atoms with E-state index in [9.17, 15) is 19.2 Å². The number of aromatic nitrogens is 2. The van der Waals surface area contributed by atoms with Gasteiger partial charge in [-0.25, -0.2) is 4.79 Å². The number of likely N-dealkylation sites (N-methyl/N-ethyl adjacent to an activating group) is 1. The molecular formula is C20H25N5O5. The average Bonchev–Trinajstić information content (AvgIpc) is 3.52. The zero-order valence-corrected chi connectivity index (χ0v) is 16.9. The van der Waals surface area contributed by atoms with Crippen LogP contribution in [0.4, 0.5) is 11.5 Å². The summed E-state index contributed by atoms with van der Waals surface area (Å²) < 4.78 is 6.34. The number of aromatic amines is 1. The number of nitrogens with one attached hydrogen (secondary N) is 2. The molecule has 0 spiro atoms. The van der Waals surface area contributed by atoms with Gasteiger partial charge in [-0.15, -0.1) is 0 Å². The molecule has 10 nitrogen and oxygen atoms in total. The second kappa shape index (κ2) is 8.95. The van der Waals surface area contributed by atoms with Gasteiger partial charge in [0, 0.05) is 11.7 Å². The predicted octanol–water partition coefficient (Wildman–Crippen LogP) is 0.606. The van der Waals surface area contributed by atoms with Crippen molar-refractivity contribution in [3.63, 3.8) is 0 Å². The molecule has 1 aromatic heterocycles. The molecule has 0 unspecified atom stereocenters. The van der Waals surface area contributed by atoms with Gasteiger partial charge >= 0.3 is 5.69 Å². The number of H-pyrrole nitrogens is 1. The molecule has 0 saturated heterocycles. The SMILES string of the molecule is CCN(CC(=O)Nc1ccc(OC)cc1)CC(=O)c1c(N)n(C2CC2)c(=O)[nH]c1=O. The minimum atomic E-state index is -0.807. The Morgan fingerprint density at radius 3 is 2.47 bits per heavy atom. The largest absolute Gasteiger partial charge is 0.497 e.